The SMILES string of the molecule is Clc1cccc(Cl)c1Cc1cc2ccccc2c(Oc2c(Cc3c(Cl)cccc3Cl)c(Cc3c(Cl)cccc3Cl)cc3ccccc23)c1Cc1c(Cl)cccc1Cl. The zero-order valence-corrected chi connectivity index (χ0v) is 36.0. The van der Waals surface area contributed by atoms with Crippen LogP contribution in [-0.4, -0.2) is 0 Å². The van der Waals surface area contributed by atoms with Crippen molar-refractivity contribution in [2.45, 2.75) is 25.7 Å². The van der Waals surface area contributed by atoms with E-state index >= 15 is 0 Å². The average Bonchev–Trinajstić information content (AvgIpc) is 3.19. The Kier molecular flexibility index (Phi) is 12.2. The Balaban J connectivity index is 1.44. The third-order valence-corrected chi connectivity index (χ3v) is 13.1. The number of hydrogen-bond acceptors (Lipinski definition) is 1. The summed E-state index contributed by atoms with van der Waals surface area (Å²) in [6.45, 7) is 0. The molecule has 0 aliphatic rings. The van der Waals surface area contributed by atoms with Crippen LogP contribution in [-0.2, 0) is 25.7 Å². The maximum Gasteiger partial charge on any atom is 0.139 e. The fraction of sp³-hybridized carbons (Fsp3) is 0.0833. The van der Waals surface area contributed by atoms with Gasteiger partial charge in [0.1, 0.15) is 11.5 Å². The van der Waals surface area contributed by atoms with Crippen molar-refractivity contribution in [1.29, 1.82) is 0 Å². The van der Waals surface area contributed by atoms with E-state index < -0.39 is 0 Å². The molecule has 8 aromatic rings. The zero-order valence-electron chi connectivity index (χ0n) is 30.0. The van der Waals surface area contributed by atoms with Crippen molar-refractivity contribution < 1.29 is 4.74 Å². The lowest BCUT2D eigenvalue weighted by molar-refractivity contribution is 0.482. The first-order chi connectivity index (χ1) is 27.6. The van der Waals surface area contributed by atoms with Crippen LogP contribution in [0.4, 0.5) is 0 Å². The highest BCUT2D eigenvalue weighted by molar-refractivity contribution is 6.37. The fourth-order valence-corrected chi connectivity index (χ4v) is 9.53. The second-order valence-corrected chi connectivity index (χ2v) is 17.0. The molecule has 0 bridgehead atoms. The summed E-state index contributed by atoms with van der Waals surface area (Å²) in [5.74, 6) is 1.29. The second-order valence-electron chi connectivity index (χ2n) is 13.7. The van der Waals surface area contributed by atoms with Crippen molar-refractivity contribution >= 4 is 114 Å². The van der Waals surface area contributed by atoms with Crippen molar-refractivity contribution in [3.05, 3.63) is 218 Å². The molecule has 0 heterocycles. The molecular formula is C48H30Cl8O. The Morgan fingerprint density at radius 3 is 0.895 bits per heavy atom. The van der Waals surface area contributed by atoms with Gasteiger partial charge in [0.25, 0.3) is 0 Å². The first kappa shape index (κ1) is 40.2. The van der Waals surface area contributed by atoms with Crippen molar-refractivity contribution in [2.24, 2.45) is 0 Å². The lowest BCUT2D eigenvalue weighted by Gasteiger charge is -2.24. The van der Waals surface area contributed by atoms with Gasteiger partial charge in [-0.05, 0) is 92.7 Å². The van der Waals surface area contributed by atoms with Gasteiger partial charge in [-0.2, -0.15) is 0 Å². The molecule has 8 aromatic carbocycles. The van der Waals surface area contributed by atoms with Gasteiger partial charge in [-0.3, -0.25) is 0 Å². The first-order valence-electron chi connectivity index (χ1n) is 18.0. The van der Waals surface area contributed by atoms with Crippen LogP contribution in [0.15, 0.2) is 133 Å². The standard InChI is InChI=1S/C48H30Cl8O/c49-39-13-5-14-40(50)35(39)23-29-21-27-9-1-3-11-31(27)47(33(29)25-37-43(53)17-7-18-44(37)54)57-48-32-12-4-2-10-28(32)22-30(24-36-41(51)15-6-16-42(36)52)34(48)26-38-45(55)19-8-20-46(38)56/h1-22H,23-26H2. The molecule has 0 fully saturated rings. The fourth-order valence-electron chi connectivity index (χ4n) is 7.40. The Bertz CT molecular complexity index is 2560. The molecule has 0 radical (unpaired) electrons. The maximum absolute atomic E-state index is 7.54. The predicted octanol–water partition coefficient (Wildman–Crippen LogP) is 17.4. The van der Waals surface area contributed by atoms with Crippen LogP contribution in [0.2, 0.25) is 40.2 Å². The van der Waals surface area contributed by atoms with Gasteiger partial charge in [0.05, 0.1) is 0 Å². The highest BCUT2D eigenvalue weighted by Gasteiger charge is 2.25. The summed E-state index contributed by atoms with van der Waals surface area (Å²) in [4.78, 5) is 0. The van der Waals surface area contributed by atoms with E-state index in [4.69, 9.17) is 97.5 Å². The minimum Gasteiger partial charge on any atom is -0.455 e. The van der Waals surface area contributed by atoms with Crippen LogP contribution < -0.4 is 4.74 Å². The molecule has 0 saturated carbocycles. The van der Waals surface area contributed by atoms with Gasteiger partial charge in [0.2, 0.25) is 0 Å². The van der Waals surface area contributed by atoms with Gasteiger partial charge in [-0.1, -0.05) is 178 Å². The lowest BCUT2D eigenvalue weighted by atomic mass is 9.89. The number of hydrogen-bond donors (Lipinski definition) is 0. The number of ether oxygens (including phenoxy) is 1. The molecule has 0 saturated heterocycles. The van der Waals surface area contributed by atoms with Gasteiger partial charge >= 0.3 is 0 Å². The van der Waals surface area contributed by atoms with Gasteiger partial charge in [-0.25, -0.2) is 0 Å². The van der Waals surface area contributed by atoms with E-state index in [-0.39, 0.29) is 0 Å². The third kappa shape index (κ3) is 8.33. The molecule has 9 heteroatoms. The van der Waals surface area contributed by atoms with Crippen molar-refractivity contribution in [3.63, 3.8) is 0 Å². The molecule has 0 atom stereocenters. The number of halogens is 8. The first-order valence-corrected chi connectivity index (χ1v) is 21.1. The highest BCUT2D eigenvalue weighted by atomic mass is 35.5. The van der Waals surface area contributed by atoms with Crippen LogP contribution in [0, 0.1) is 0 Å². The molecule has 0 N–H and O–H groups in total. The molecule has 0 aliphatic carbocycles. The maximum atomic E-state index is 7.54. The number of benzene rings is 8. The van der Waals surface area contributed by atoms with E-state index in [1.807, 2.05) is 97.1 Å². The quantitative estimate of drug-likeness (QED) is 0.133. The molecule has 1 nitrogen and oxygen atoms in total. The summed E-state index contributed by atoms with van der Waals surface area (Å²) in [6, 6.07) is 42.8. The van der Waals surface area contributed by atoms with E-state index in [9.17, 15) is 0 Å². The Morgan fingerprint density at radius 1 is 0.298 bits per heavy atom. The van der Waals surface area contributed by atoms with E-state index in [0.29, 0.717) is 77.4 Å². The monoisotopic (exact) mass is 902 g/mol. The Labute approximate surface area is 371 Å². The van der Waals surface area contributed by atoms with E-state index in [0.717, 1.165) is 66.1 Å². The van der Waals surface area contributed by atoms with Crippen molar-refractivity contribution in [1.82, 2.24) is 0 Å². The van der Waals surface area contributed by atoms with Gasteiger partial charge in [0, 0.05) is 87.8 Å². The smallest absolute Gasteiger partial charge is 0.139 e. The van der Waals surface area contributed by atoms with E-state index in [1.54, 1.807) is 0 Å². The molecule has 0 unspecified atom stereocenters. The summed E-state index contributed by atoms with van der Waals surface area (Å²) in [5, 5.41) is 8.17. The van der Waals surface area contributed by atoms with Gasteiger partial charge in [-0.15, -0.1) is 0 Å². The molecule has 0 spiro atoms. The van der Waals surface area contributed by atoms with Gasteiger partial charge in [0.15, 0.2) is 0 Å². The normalized spacial score (nSPS) is 11.4. The molecule has 8 rings (SSSR count). The third-order valence-electron chi connectivity index (χ3n) is 10.3. The molecule has 57 heavy (non-hydrogen) atoms. The average molecular weight is 906 g/mol. The van der Waals surface area contributed by atoms with E-state index in [2.05, 4.69) is 36.4 Å². The van der Waals surface area contributed by atoms with Crippen LogP contribution in [0.1, 0.15) is 44.5 Å². The second kappa shape index (κ2) is 17.3. The molecule has 0 amide bonds. The summed E-state index contributed by atoms with van der Waals surface area (Å²) < 4.78 is 7.54. The molecular weight excluding hydrogens is 876 g/mol. The van der Waals surface area contributed by atoms with Crippen molar-refractivity contribution in [2.75, 3.05) is 0 Å². The number of rotatable bonds is 10. The Hall–Kier alpha value is -3.60. The highest BCUT2D eigenvalue weighted by Crippen LogP contribution is 2.46. The van der Waals surface area contributed by atoms with Crippen LogP contribution in [0.3, 0.4) is 0 Å². The lowest BCUT2D eigenvalue weighted by Crippen LogP contribution is -2.07. The van der Waals surface area contributed by atoms with E-state index in [1.165, 1.54) is 0 Å². The topological polar surface area (TPSA) is 9.23 Å². The minimum atomic E-state index is 0.356. The molecule has 284 valence electrons. The van der Waals surface area contributed by atoms with Crippen LogP contribution >= 0.6 is 92.8 Å². The minimum absolute atomic E-state index is 0.356. The summed E-state index contributed by atoms with van der Waals surface area (Å²) in [6.07, 6.45) is 1.55. The number of fused-ring (bicyclic) bond motifs is 2. The summed E-state index contributed by atoms with van der Waals surface area (Å²) in [5.41, 5.74) is 6.79. The van der Waals surface area contributed by atoms with Crippen LogP contribution in [0.5, 0.6) is 11.5 Å². The van der Waals surface area contributed by atoms with Gasteiger partial charge < -0.3 is 4.74 Å². The Morgan fingerprint density at radius 2 is 0.579 bits per heavy atom. The van der Waals surface area contributed by atoms with Crippen LogP contribution in [0.25, 0.3) is 21.5 Å². The largest absolute Gasteiger partial charge is 0.455 e. The zero-order chi connectivity index (χ0) is 39.8. The van der Waals surface area contributed by atoms with Crippen molar-refractivity contribution in [3.8, 4) is 11.5 Å². The molecule has 0 aromatic heterocycles. The summed E-state index contributed by atoms with van der Waals surface area (Å²) in [7, 11) is 0. The molecule has 0 aliphatic heterocycles. The summed E-state index contributed by atoms with van der Waals surface area (Å²) >= 11 is 54.9. The predicted molar refractivity (Wildman–Crippen MR) is 245 cm³/mol.